The Morgan fingerprint density at radius 1 is 1.21 bits per heavy atom. The molecule has 0 fully saturated rings. The zero-order valence-electron chi connectivity index (χ0n) is 20.1. The van der Waals surface area contributed by atoms with Gasteiger partial charge in [0.1, 0.15) is 10.7 Å². The molecule has 1 aromatic heterocycles. The van der Waals surface area contributed by atoms with Crippen LogP contribution in [0.25, 0.3) is 17.3 Å². The number of aromatic nitrogens is 1. The predicted octanol–water partition coefficient (Wildman–Crippen LogP) is 2.90. The van der Waals surface area contributed by atoms with Crippen molar-refractivity contribution < 1.29 is 9.53 Å². The van der Waals surface area contributed by atoms with Crippen molar-refractivity contribution in [1.82, 2.24) is 9.88 Å². The highest BCUT2D eigenvalue weighted by atomic mass is 32.1. The fourth-order valence-corrected chi connectivity index (χ4v) is 4.59. The molecule has 34 heavy (non-hydrogen) atoms. The smallest absolute Gasteiger partial charge is 0.273 e. The third-order valence-corrected chi connectivity index (χ3v) is 6.60. The van der Waals surface area contributed by atoms with E-state index in [2.05, 4.69) is 19.2 Å². The molecular weight excluding hydrogens is 446 g/mol. The molecule has 0 aliphatic carbocycles. The predicted molar refractivity (Wildman–Crippen MR) is 137 cm³/mol. The number of ether oxygens (including phenoxy) is 1. The van der Waals surface area contributed by atoms with E-state index in [1.165, 1.54) is 11.7 Å². The third-order valence-electron chi connectivity index (χ3n) is 5.51. The van der Waals surface area contributed by atoms with E-state index in [1.807, 2.05) is 68.5 Å². The molecule has 0 unspecified atom stereocenters. The number of benzene rings is 2. The van der Waals surface area contributed by atoms with Gasteiger partial charge in [-0.15, -0.1) is 11.3 Å². The molecule has 0 aliphatic rings. The van der Waals surface area contributed by atoms with Gasteiger partial charge in [0.05, 0.1) is 16.8 Å². The van der Waals surface area contributed by atoms with Crippen LogP contribution in [0.15, 0.2) is 47.3 Å². The van der Waals surface area contributed by atoms with Crippen LogP contribution in [-0.2, 0) is 9.53 Å². The molecule has 0 radical (unpaired) electrons. The molecule has 3 aromatic rings. The summed E-state index contributed by atoms with van der Waals surface area (Å²) in [6, 6.07) is 15.7. The summed E-state index contributed by atoms with van der Waals surface area (Å²) in [7, 11) is 1.54. The zero-order valence-corrected chi connectivity index (χ0v) is 21.0. The Bertz CT molecular complexity index is 1410. The van der Waals surface area contributed by atoms with E-state index in [-0.39, 0.29) is 17.7 Å². The Morgan fingerprint density at radius 2 is 1.91 bits per heavy atom. The van der Waals surface area contributed by atoms with Crippen molar-refractivity contribution >= 4 is 28.9 Å². The SMILES string of the molecule is COCCNC(=O)/C(C#N)=c1\s/c(=C\c2cc(C)ccc2C)c(=O)n1-c1ccc(C(C)C)cc1. The number of nitrogens with zero attached hydrogens (tertiary/aromatic N) is 2. The van der Waals surface area contributed by atoms with Crippen molar-refractivity contribution in [3.63, 3.8) is 0 Å². The van der Waals surface area contributed by atoms with Crippen LogP contribution in [0.5, 0.6) is 0 Å². The van der Waals surface area contributed by atoms with Gasteiger partial charge in [-0.25, -0.2) is 0 Å². The number of nitriles is 1. The Morgan fingerprint density at radius 3 is 2.53 bits per heavy atom. The summed E-state index contributed by atoms with van der Waals surface area (Å²) in [6.07, 6.45) is 1.83. The number of aryl methyl sites for hydroxylation is 2. The molecule has 0 aliphatic heterocycles. The van der Waals surface area contributed by atoms with E-state index in [9.17, 15) is 14.9 Å². The average Bonchev–Trinajstić information content (AvgIpc) is 3.12. The van der Waals surface area contributed by atoms with E-state index in [0.29, 0.717) is 27.4 Å². The van der Waals surface area contributed by atoms with Gasteiger partial charge >= 0.3 is 0 Å². The third kappa shape index (κ3) is 5.53. The van der Waals surface area contributed by atoms with Crippen LogP contribution in [0.2, 0.25) is 0 Å². The lowest BCUT2D eigenvalue weighted by atomic mass is 10.0. The van der Waals surface area contributed by atoms with Crippen molar-refractivity contribution in [2.75, 3.05) is 20.3 Å². The lowest BCUT2D eigenvalue weighted by Crippen LogP contribution is -2.34. The molecular formula is C27H29N3O3S. The lowest BCUT2D eigenvalue weighted by Gasteiger charge is -2.08. The van der Waals surface area contributed by atoms with Gasteiger partial charge < -0.3 is 10.1 Å². The first-order chi connectivity index (χ1) is 16.3. The maximum atomic E-state index is 13.6. The van der Waals surface area contributed by atoms with Crippen molar-refractivity contribution in [3.8, 4) is 11.8 Å². The van der Waals surface area contributed by atoms with E-state index >= 15 is 0 Å². The first-order valence-corrected chi connectivity index (χ1v) is 11.9. The number of hydrogen-bond acceptors (Lipinski definition) is 5. The van der Waals surface area contributed by atoms with Gasteiger partial charge in [0.2, 0.25) is 0 Å². The molecule has 1 amide bonds. The highest BCUT2D eigenvalue weighted by Crippen LogP contribution is 2.16. The van der Waals surface area contributed by atoms with Crippen LogP contribution in [0.1, 0.15) is 42.0 Å². The van der Waals surface area contributed by atoms with E-state index < -0.39 is 5.91 Å². The largest absolute Gasteiger partial charge is 0.383 e. The van der Waals surface area contributed by atoms with Gasteiger partial charge in [-0.3, -0.25) is 14.2 Å². The molecule has 2 aromatic carbocycles. The van der Waals surface area contributed by atoms with E-state index in [1.54, 1.807) is 0 Å². The number of hydrogen-bond donors (Lipinski definition) is 1. The van der Waals surface area contributed by atoms with Crippen LogP contribution in [0.3, 0.4) is 0 Å². The Kier molecular flexibility index (Phi) is 8.21. The zero-order chi connectivity index (χ0) is 24.8. The molecule has 3 rings (SSSR count). The second kappa shape index (κ2) is 11.1. The topological polar surface area (TPSA) is 84.1 Å². The molecule has 0 saturated heterocycles. The minimum Gasteiger partial charge on any atom is -0.383 e. The molecule has 0 bridgehead atoms. The lowest BCUT2D eigenvalue weighted by molar-refractivity contribution is -0.115. The number of rotatable bonds is 7. The minimum atomic E-state index is -0.536. The molecule has 1 N–H and O–H groups in total. The summed E-state index contributed by atoms with van der Waals surface area (Å²) in [5.74, 6) is -0.194. The number of amides is 1. The first-order valence-electron chi connectivity index (χ1n) is 11.1. The van der Waals surface area contributed by atoms with Crippen molar-refractivity contribution in [3.05, 3.63) is 84.3 Å². The Hall–Kier alpha value is -3.47. The van der Waals surface area contributed by atoms with Gasteiger partial charge in [-0.1, -0.05) is 49.7 Å². The number of methoxy groups -OCH3 is 1. The van der Waals surface area contributed by atoms with Crippen molar-refractivity contribution in [2.45, 2.75) is 33.6 Å². The highest BCUT2D eigenvalue weighted by molar-refractivity contribution is 7.07. The van der Waals surface area contributed by atoms with Crippen LogP contribution < -0.4 is 20.1 Å². The number of nitrogens with one attached hydrogen (secondary N) is 1. The summed E-state index contributed by atoms with van der Waals surface area (Å²) in [5.41, 5.74) is 4.42. The maximum absolute atomic E-state index is 13.6. The monoisotopic (exact) mass is 475 g/mol. The molecule has 7 heteroatoms. The van der Waals surface area contributed by atoms with Gasteiger partial charge in [0, 0.05) is 13.7 Å². The molecule has 0 atom stereocenters. The summed E-state index contributed by atoms with van der Waals surface area (Å²) in [6.45, 7) is 8.77. The minimum absolute atomic E-state index is 0.105. The van der Waals surface area contributed by atoms with Crippen molar-refractivity contribution in [2.24, 2.45) is 0 Å². The standard InChI is InChI=1S/C27H29N3O3S/c1-17(2)20-8-10-22(11-9-20)30-26(32)24(15-21-14-18(3)6-7-19(21)4)34-27(30)23(16-28)25(31)29-12-13-33-5/h6-11,14-15,17H,12-13H2,1-5H3,(H,29,31)/b24-15-,27-23-. The van der Waals surface area contributed by atoms with Crippen LogP contribution in [0, 0.1) is 25.2 Å². The van der Waals surface area contributed by atoms with Crippen molar-refractivity contribution in [1.29, 1.82) is 5.26 Å². The fraction of sp³-hybridized carbons (Fsp3) is 0.296. The number of thiazole rings is 1. The second-order valence-electron chi connectivity index (χ2n) is 8.40. The fourth-order valence-electron chi connectivity index (χ4n) is 3.50. The highest BCUT2D eigenvalue weighted by Gasteiger charge is 2.17. The van der Waals surface area contributed by atoms with Crippen LogP contribution >= 0.6 is 11.3 Å². The van der Waals surface area contributed by atoms with Gasteiger partial charge in [0.15, 0.2) is 5.57 Å². The molecule has 0 spiro atoms. The van der Waals surface area contributed by atoms with Gasteiger partial charge in [-0.05, 0) is 54.7 Å². The van der Waals surface area contributed by atoms with E-state index in [0.717, 1.165) is 33.6 Å². The number of carbonyl (C=O) groups excluding carboxylic acids is 1. The Balaban J connectivity index is 2.31. The maximum Gasteiger partial charge on any atom is 0.273 e. The normalized spacial score (nSPS) is 12.6. The second-order valence-corrected chi connectivity index (χ2v) is 9.43. The number of carbonyl (C=O) groups is 1. The Labute approximate surface area is 203 Å². The summed E-state index contributed by atoms with van der Waals surface area (Å²) < 4.78 is 7.19. The van der Waals surface area contributed by atoms with Crippen LogP contribution in [-0.4, -0.2) is 30.7 Å². The first kappa shape index (κ1) is 25.2. The quantitative estimate of drug-likeness (QED) is 0.533. The summed E-state index contributed by atoms with van der Waals surface area (Å²) in [5, 5.41) is 12.6. The summed E-state index contributed by atoms with van der Waals surface area (Å²) >= 11 is 1.14. The van der Waals surface area contributed by atoms with Crippen LogP contribution in [0.4, 0.5) is 0 Å². The molecule has 0 saturated carbocycles. The van der Waals surface area contributed by atoms with E-state index in [4.69, 9.17) is 4.74 Å². The van der Waals surface area contributed by atoms with Gasteiger partial charge in [-0.2, -0.15) is 5.26 Å². The average molecular weight is 476 g/mol. The molecule has 176 valence electrons. The van der Waals surface area contributed by atoms with Gasteiger partial charge in [0.25, 0.3) is 11.5 Å². The molecule has 1 heterocycles. The molecule has 6 nitrogen and oxygen atoms in total. The summed E-state index contributed by atoms with van der Waals surface area (Å²) in [4.78, 5) is 26.4.